The van der Waals surface area contributed by atoms with Crippen molar-refractivity contribution in [2.45, 2.75) is 44.8 Å². The number of amides is 1. The molecule has 20 heavy (non-hydrogen) atoms. The summed E-state index contributed by atoms with van der Waals surface area (Å²) in [6.07, 6.45) is 4.49. The number of nitrogens with one attached hydrogen (secondary N) is 1. The second kappa shape index (κ2) is 5.65. The minimum atomic E-state index is -0.519. The zero-order chi connectivity index (χ0) is 14.1. The Morgan fingerprint density at radius 2 is 2.15 bits per heavy atom. The number of carbonyl (C=O) groups excluding carboxylic acids is 1. The molecule has 0 spiro atoms. The van der Waals surface area contributed by atoms with E-state index in [0.29, 0.717) is 22.7 Å². The lowest BCUT2D eigenvalue weighted by atomic mass is 9.95. The third kappa shape index (κ3) is 2.78. The third-order valence-electron chi connectivity index (χ3n) is 4.58. The maximum absolute atomic E-state index is 12.2. The summed E-state index contributed by atoms with van der Waals surface area (Å²) in [4.78, 5) is 12.2. The number of benzene rings is 1. The molecule has 0 aliphatic heterocycles. The molecule has 1 N–H and O–H groups in total. The van der Waals surface area contributed by atoms with Crippen LogP contribution in [0.15, 0.2) is 24.3 Å². The van der Waals surface area contributed by atoms with Crippen LogP contribution in [-0.4, -0.2) is 18.1 Å². The van der Waals surface area contributed by atoms with E-state index in [9.17, 15) is 4.79 Å². The van der Waals surface area contributed by atoms with Gasteiger partial charge in [0.25, 0.3) is 5.91 Å². The van der Waals surface area contributed by atoms with Gasteiger partial charge < -0.3 is 10.1 Å². The van der Waals surface area contributed by atoms with E-state index in [0.717, 1.165) is 12.3 Å². The van der Waals surface area contributed by atoms with Crippen LogP contribution in [0.5, 0.6) is 5.75 Å². The topological polar surface area (TPSA) is 38.3 Å². The maximum atomic E-state index is 12.2. The molecule has 1 amide bonds. The summed E-state index contributed by atoms with van der Waals surface area (Å²) in [5.74, 6) is 2.02. The number of rotatable bonds is 4. The highest BCUT2D eigenvalue weighted by atomic mass is 35.5. The lowest BCUT2D eigenvalue weighted by Gasteiger charge is -2.25. The first-order valence-corrected chi connectivity index (χ1v) is 7.73. The van der Waals surface area contributed by atoms with Crippen molar-refractivity contribution >= 4 is 17.5 Å². The van der Waals surface area contributed by atoms with Crippen LogP contribution in [0.4, 0.5) is 0 Å². The van der Waals surface area contributed by atoms with E-state index in [-0.39, 0.29) is 5.91 Å². The van der Waals surface area contributed by atoms with Gasteiger partial charge in [0.05, 0.1) is 5.02 Å². The van der Waals surface area contributed by atoms with Crippen LogP contribution < -0.4 is 10.1 Å². The first kappa shape index (κ1) is 13.7. The molecule has 1 aromatic carbocycles. The summed E-state index contributed by atoms with van der Waals surface area (Å²) in [7, 11) is 0. The van der Waals surface area contributed by atoms with Crippen LogP contribution in [-0.2, 0) is 4.79 Å². The fourth-order valence-electron chi connectivity index (χ4n) is 3.51. The molecule has 4 heteroatoms. The van der Waals surface area contributed by atoms with Gasteiger partial charge in [-0.2, -0.15) is 0 Å². The fourth-order valence-corrected chi connectivity index (χ4v) is 3.69. The van der Waals surface area contributed by atoms with Crippen LogP contribution in [0, 0.1) is 11.8 Å². The standard InChI is InChI=1S/C16H20ClNO2/c1-10(20-15-5-3-2-4-13(15)17)16(19)18-14-9-11-6-7-12(14)8-11/h2-5,10-12,14H,6-9H2,1H3,(H,18,19)/t10-,11+,12+,14+/m1/s1. The minimum Gasteiger partial charge on any atom is -0.479 e. The van der Waals surface area contributed by atoms with Crippen molar-refractivity contribution in [3.8, 4) is 5.75 Å². The number of ether oxygens (including phenoxy) is 1. The van der Waals surface area contributed by atoms with Crippen molar-refractivity contribution in [2.24, 2.45) is 11.8 Å². The first-order chi connectivity index (χ1) is 9.63. The zero-order valence-corrected chi connectivity index (χ0v) is 12.4. The molecule has 0 radical (unpaired) electrons. The van der Waals surface area contributed by atoms with E-state index in [1.165, 1.54) is 19.3 Å². The van der Waals surface area contributed by atoms with E-state index in [1.54, 1.807) is 19.1 Å². The molecule has 4 atom stereocenters. The summed E-state index contributed by atoms with van der Waals surface area (Å²) in [5.41, 5.74) is 0. The van der Waals surface area contributed by atoms with Gasteiger partial charge >= 0.3 is 0 Å². The highest BCUT2D eigenvalue weighted by Gasteiger charge is 2.40. The quantitative estimate of drug-likeness (QED) is 0.924. The van der Waals surface area contributed by atoms with E-state index >= 15 is 0 Å². The second-order valence-corrected chi connectivity index (χ2v) is 6.39. The maximum Gasteiger partial charge on any atom is 0.261 e. The van der Waals surface area contributed by atoms with E-state index in [1.807, 2.05) is 12.1 Å². The molecule has 1 aromatic rings. The minimum absolute atomic E-state index is 0.0394. The van der Waals surface area contributed by atoms with Gasteiger partial charge in [-0.15, -0.1) is 0 Å². The number of halogens is 1. The highest BCUT2D eigenvalue weighted by molar-refractivity contribution is 6.32. The van der Waals surface area contributed by atoms with Gasteiger partial charge in [-0.1, -0.05) is 30.2 Å². The summed E-state index contributed by atoms with van der Waals surface area (Å²) < 4.78 is 5.65. The molecule has 108 valence electrons. The van der Waals surface area contributed by atoms with Crippen LogP contribution in [0.25, 0.3) is 0 Å². The van der Waals surface area contributed by atoms with Crippen LogP contribution >= 0.6 is 11.6 Å². The third-order valence-corrected chi connectivity index (χ3v) is 4.89. The Labute approximate surface area is 124 Å². The summed E-state index contributed by atoms with van der Waals surface area (Å²) in [6, 6.07) is 7.58. The SMILES string of the molecule is C[C@@H](Oc1ccccc1Cl)C(=O)N[C@H]1C[C@H]2CC[C@H]1C2. The molecule has 3 rings (SSSR count). The van der Waals surface area contributed by atoms with Crippen molar-refractivity contribution < 1.29 is 9.53 Å². The van der Waals surface area contributed by atoms with Crippen molar-refractivity contribution in [3.05, 3.63) is 29.3 Å². The van der Waals surface area contributed by atoms with Crippen molar-refractivity contribution in [1.29, 1.82) is 0 Å². The van der Waals surface area contributed by atoms with Crippen LogP contribution in [0.3, 0.4) is 0 Å². The number of carbonyl (C=O) groups is 1. The van der Waals surface area contributed by atoms with E-state index in [2.05, 4.69) is 5.32 Å². The van der Waals surface area contributed by atoms with Crippen molar-refractivity contribution in [1.82, 2.24) is 5.32 Å². The average molecular weight is 294 g/mol. The Kier molecular flexibility index (Phi) is 3.88. The number of hydrogen-bond donors (Lipinski definition) is 1. The molecule has 2 saturated carbocycles. The number of para-hydroxylation sites is 1. The fraction of sp³-hybridized carbons (Fsp3) is 0.562. The van der Waals surface area contributed by atoms with E-state index in [4.69, 9.17) is 16.3 Å². The Hall–Kier alpha value is -1.22. The van der Waals surface area contributed by atoms with Gasteiger partial charge in [-0.05, 0) is 50.2 Å². The Bertz CT molecular complexity index is 505. The molecule has 2 aliphatic rings. The Balaban J connectivity index is 1.56. The average Bonchev–Trinajstić information content (AvgIpc) is 3.03. The molecule has 0 aromatic heterocycles. The molecule has 3 nitrogen and oxygen atoms in total. The van der Waals surface area contributed by atoms with Crippen molar-refractivity contribution in [2.75, 3.05) is 0 Å². The highest BCUT2D eigenvalue weighted by Crippen LogP contribution is 2.44. The lowest BCUT2D eigenvalue weighted by Crippen LogP contribution is -2.44. The van der Waals surface area contributed by atoms with Crippen LogP contribution in [0.1, 0.15) is 32.6 Å². The van der Waals surface area contributed by atoms with Gasteiger partial charge in [0.1, 0.15) is 5.75 Å². The van der Waals surface area contributed by atoms with Crippen LogP contribution in [0.2, 0.25) is 5.02 Å². The predicted octanol–water partition coefficient (Wildman–Crippen LogP) is 3.41. The smallest absolute Gasteiger partial charge is 0.261 e. The van der Waals surface area contributed by atoms with Gasteiger partial charge in [-0.3, -0.25) is 4.79 Å². The molecule has 0 unspecified atom stereocenters. The molecule has 0 heterocycles. The normalized spacial score (nSPS) is 29.2. The zero-order valence-electron chi connectivity index (χ0n) is 11.6. The van der Waals surface area contributed by atoms with Gasteiger partial charge in [0.15, 0.2) is 6.10 Å². The monoisotopic (exact) mass is 293 g/mol. The predicted molar refractivity (Wildman–Crippen MR) is 78.9 cm³/mol. The first-order valence-electron chi connectivity index (χ1n) is 7.35. The summed E-state index contributed by atoms with van der Waals surface area (Å²) in [6.45, 7) is 1.77. The number of hydrogen-bond acceptors (Lipinski definition) is 2. The molecule has 2 aliphatic carbocycles. The van der Waals surface area contributed by atoms with Gasteiger partial charge in [0, 0.05) is 6.04 Å². The number of fused-ring (bicyclic) bond motifs is 2. The molecular weight excluding hydrogens is 274 g/mol. The lowest BCUT2D eigenvalue weighted by molar-refractivity contribution is -0.128. The largest absolute Gasteiger partial charge is 0.479 e. The molecule has 0 saturated heterocycles. The molecular formula is C16H20ClNO2. The van der Waals surface area contributed by atoms with Gasteiger partial charge in [0.2, 0.25) is 0 Å². The summed E-state index contributed by atoms with van der Waals surface area (Å²) in [5, 5.41) is 3.68. The van der Waals surface area contributed by atoms with Gasteiger partial charge in [-0.25, -0.2) is 0 Å². The Morgan fingerprint density at radius 1 is 1.35 bits per heavy atom. The van der Waals surface area contributed by atoms with Crippen molar-refractivity contribution in [3.63, 3.8) is 0 Å². The Morgan fingerprint density at radius 3 is 2.80 bits per heavy atom. The van der Waals surface area contributed by atoms with E-state index < -0.39 is 6.10 Å². The second-order valence-electron chi connectivity index (χ2n) is 5.98. The molecule has 2 fully saturated rings. The summed E-state index contributed by atoms with van der Waals surface area (Å²) >= 11 is 6.04. The molecule has 2 bridgehead atoms.